The first kappa shape index (κ1) is 31.4. The van der Waals surface area contributed by atoms with E-state index in [4.69, 9.17) is 28.4 Å². The van der Waals surface area contributed by atoms with Crippen molar-refractivity contribution in [2.24, 2.45) is 0 Å². The highest BCUT2D eigenvalue weighted by Crippen LogP contribution is 2.59. The summed E-state index contributed by atoms with van der Waals surface area (Å²) in [6.07, 6.45) is 0. The molecule has 0 amide bonds. The van der Waals surface area contributed by atoms with Gasteiger partial charge < -0.3 is 38.6 Å². The molecule has 0 spiro atoms. The van der Waals surface area contributed by atoms with Gasteiger partial charge in [-0.15, -0.1) is 0 Å². The van der Waals surface area contributed by atoms with Crippen molar-refractivity contribution in [2.75, 3.05) is 0 Å². The number of carbonyl (C=O) groups excluding carboxylic acids is 2. The number of carbonyl (C=O) groups is 4. The van der Waals surface area contributed by atoms with Gasteiger partial charge in [-0.05, 0) is 57.6 Å². The Morgan fingerprint density at radius 3 is 1.28 bits per heavy atom. The highest BCUT2D eigenvalue weighted by molar-refractivity contribution is 6.02. The van der Waals surface area contributed by atoms with Crippen LogP contribution in [0.5, 0.6) is 57.5 Å². The van der Waals surface area contributed by atoms with Crippen molar-refractivity contribution >= 4 is 24.9 Å². The van der Waals surface area contributed by atoms with Gasteiger partial charge in [0.05, 0.1) is 16.5 Å². The first-order chi connectivity index (χ1) is 25.8. The Labute approximate surface area is 298 Å². The molecule has 258 valence electrons. The summed E-state index contributed by atoms with van der Waals surface area (Å²) >= 11 is 0. The van der Waals surface area contributed by atoms with E-state index in [1.807, 2.05) is 48.5 Å². The third kappa shape index (κ3) is 4.69. The lowest BCUT2D eigenvalue weighted by atomic mass is 9.67. The molecule has 3 aliphatic rings. The van der Waals surface area contributed by atoms with E-state index in [2.05, 4.69) is 24.3 Å². The monoisotopic (exact) mass is 706 g/mol. The van der Waals surface area contributed by atoms with Crippen LogP contribution < -0.4 is 28.4 Å². The molecule has 0 radical (unpaired) electrons. The number of carboxylic acids is 2. The predicted molar refractivity (Wildman–Crippen MR) is 184 cm³/mol. The number of hydrogen-bond acceptors (Lipinski definition) is 10. The fraction of sp³-hybridized carbons (Fsp3) is 0.0244. The maximum Gasteiger partial charge on any atom is 0.336 e. The van der Waals surface area contributed by atoms with Crippen molar-refractivity contribution in [1.29, 1.82) is 0 Å². The number of fused-ring (bicyclic) bond motifs is 7. The van der Waals surface area contributed by atoms with Crippen LogP contribution in [0.15, 0.2) is 109 Å². The number of rotatable bonds is 8. The summed E-state index contributed by atoms with van der Waals surface area (Å²) < 4.78 is 34.8. The van der Waals surface area contributed by atoms with E-state index < -0.39 is 28.5 Å². The van der Waals surface area contributed by atoms with Crippen LogP contribution in [0.2, 0.25) is 0 Å². The van der Waals surface area contributed by atoms with E-state index in [9.17, 15) is 29.4 Å². The summed E-state index contributed by atoms with van der Waals surface area (Å²) in [7, 11) is 0. The summed E-state index contributed by atoms with van der Waals surface area (Å²) in [5, 5.41) is 19.4. The Kier molecular flexibility index (Phi) is 6.95. The molecule has 0 saturated heterocycles. The minimum Gasteiger partial charge on any atom is -0.478 e. The summed E-state index contributed by atoms with van der Waals surface area (Å²) in [5.41, 5.74) is 3.68. The number of hydrogen-bond donors (Lipinski definition) is 2. The zero-order valence-corrected chi connectivity index (χ0v) is 27.0. The minimum absolute atomic E-state index is 0.0321. The molecule has 53 heavy (non-hydrogen) atoms. The van der Waals surface area contributed by atoms with Crippen molar-refractivity contribution < 1.29 is 57.8 Å². The topological polar surface area (TPSA) is 164 Å². The van der Waals surface area contributed by atoms with E-state index in [0.29, 0.717) is 17.2 Å². The van der Waals surface area contributed by atoms with Gasteiger partial charge in [0.15, 0.2) is 57.5 Å². The van der Waals surface area contributed by atoms with Gasteiger partial charge in [0.25, 0.3) is 12.9 Å². The van der Waals surface area contributed by atoms with E-state index >= 15 is 0 Å². The molecule has 0 atom stereocenters. The van der Waals surface area contributed by atoms with Gasteiger partial charge in [-0.3, -0.25) is 9.59 Å². The van der Waals surface area contributed by atoms with Gasteiger partial charge in [0.2, 0.25) is 0 Å². The second kappa shape index (κ2) is 11.7. The zero-order valence-electron chi connectivity index (χ0n) is 27.0. The smallest absolute Gasteiger partial charge is 0.336 e. The summed E-state index contributed by atoms with van der Waals surface area (Å²) in [6, 6.07) is 32.2. The first-order valence-corrected chi connectivity index (χ1v) is 16.0. The summed E-state index contributed by atoms with van der Waals surface area (Å²) in [6.45, 7) is 0.414. The van der Waals surface area contributed by atoms with Crippen LogP contribution in [0.3, 0.4) is 0 Å². The number of ether oxygens (including phenoxy) is 6. The fourth-order valence-corrected chi connectivity index (χ4v) is 7.35. The van der Waals surface area contributed by atoms with E-state index in [1.165, 1.54) is 12.1 Å². The van der Waals surface area contributed by atoms with Gasteiger partial charge in [-0.2, -0.15) is 0 Å². The maximum absolute atomic E-state index is 12.0. The van der Waals surface area contributed by atoms with E-state index in [-0.39, 0.29) is 53.2 Å². The molecule has 9 rings (SSSR count). The van der Waals surface area contributed by atoms with Crippen molar-refractivity contribution in [3.63, 3.8) is 0 Å². The van der Waals surface area contributed by atoms with Crippen molar-refractivity contribution in [2.45, 2.75) is 5.41 Å². The highest BCUT2D eigenvalue weighted by atomic mass is 16.6. The van der Waals surface area contributed by atoms with Crippen molar-refractivity contribution in [3.8, 4) is 68.6 Å². The van der Waals surface area contributed by atoms with Crippen LogP contribution in [0, 0.1) is 0 Å². The van der Waals surface area contributed by atoms with Gasteiger partial charge in [-0.1, -0.05) is 60.7 Å². The molecule has 1 aliphatic carbocycles. The molecule has 0 unspecified atom stereocenters. The molecule has 6 aromatic carbocycles. The Morgan fingerprint density at radius 1 is 0.491 bits per heavy atom. The van der Waals surface area contributed by atoms with Crippen molar-refractivity contribution in [1.82, 2.24) is 0 Å². The molecule has 2 aliphatic heterocycles. The third-order valence-corrected chi connectivity index (χ3v) is 9.49. The molecule has 0 bridgehead atoms. The first-order valence-electron chi connectivity index (χ1n) is 16.0. The fourth-order valence-electron chi connectivity index (χ4n) is 7.35. The van der Waals surface area contributed by atoms with Crippen LogP contribution in [0.25, 0.3) is 11.1 Å². The second-order valence-electron chi connectivity index (χ2n) is 12.2. The van der Waals surface area contributed by atoms with Gasteiger partial charge in [-0.25, -0.2) is 9.59 Å². The lowest BCUT2D eigenvalue weighted by Gasteiger charge is -2.35. The Morgan fingerprint density at radius 2 is 0.868 bits per heavy atom. The van der Waals surface area contributed by atoms with E-state index in [0.717, 1.165) is 45.5 Å². The number of aromatic carboxylic acids is 2. The van der Waals surface area contributed by atoms with Crippen LogP contribution in [0.4, 0.5) is 0 Å². The van der Waals surface area contributed by atoms with Crippen LogP contribution in [-0.4, -0.2) is 35.1 Å². The lowest BCUT2D eigenvalue weighted by molar-refractivity contribution is -0.123. The Balaban J connectivity index is 1.21. The number of benzene rings is 6. The molecule has 0 saturated carbocycles. The zero-order chi connectivity index (χ0) is 36.4. The molecule has 0 aromatic heterocycles. The minimum atomic E-state index is -1.42. The second-order valence-corrected chi connectivity index (χ2v) is 12.2. The molecular formula is C41H22O12. The van der Waals surface area contributed by atoms with Crippen LogP contribution in [-0.2, 0) is 15.0 Å². The lowest BCUT2D eigenvalue weighted by Crippen LogP contribution is -2.28. The summed E-state index contributed by atoms with van der Waals surface area (Å²) in [5.74, 6) is -1.000. The number of carboxylic acid groups (broad SMARTS) is 2. The van der Waals surface area contributed by atoms with Gasteiger partial charge in [0, 0.05) is 24.3 Å². The van der Waals surface area contributed by atoms with E-state index in [1.54, 1.807) is 12.1 Å². The summed E-state index contributed by atoms with van der Waals surface area (Å²) in [4.78, 5) is 46.1. The SMILES string of the molecule is O=COc1cc2c(cc1OC=O)Oc1cc(C3(c4ccc5c(c4)Oc4cc(C(=O)O)c(C(=O)O)cc4O5)c4ccccc4-c4ccccc43)ccc1O2. The maximum atomic E-state index is 12.0. The molecule has 12 heteroatoms. The van der Waals surface area contributed by atoms with Crippen molar-refractivity contribution in [3.05, 3.63) is 143 Å². The van der Waals surface area contributed by atoms with Gasteiger partial charge in [0.1, 0.15) is 0 Å². The Bertz CT molecular complexity index is 2540. The molecule has 2 N–H and O–H groups in total. The van der Waals surface area contributed by atoms with Crippen LogP contribution >= 0.6 is 0 Å². The predicted octanol–water partition coefficient (Wildman–Crippen LogP) is 8.31. The average molecular weight is 707 g/mol. The largest absolute Gasteiger partial charge is 0.478 e. The molecule has 6 aromatic rings. The molecular weight excluding hydrogens is 684 g/mol. The quantitative estimate of drug-likeness (QED) is 0.145. The normalized spacial score (nSPS) is 13.4. The average Bonchev–Trinajstić information content (AvgIpc) is 3.47. The highest BCUT2D eigenvalue weighted by Gasteiger charge is 2.47. The third-order valence-electron chi connectivity index (χ3n) is 9.49. The Hall–Kier alpha value is -7.60. The molecule has 2 heterocycles. The van der Waals surface area contributed by atoms with Crippen LogP contribution in [0.1, 0.15) is 43.0 Å². The molecule has 12 nitrogen and oxygen atoms in total. The molecule has 0 fully saturated rings. The standard InChI is InChI=1S/C41H22O12/c42-19-48-31-17-37-38(18-32(31)49-20-43)53-34-14-22(10-12-30(34)51-37)41(27-7-3-1-5-23(27)24-6-2-4-8-28(24)41)21-9-11-29-33(13-21)52-36-16-26(40(46)47)25(39(44)45)15-35(36)50-29/h1-20H,(H,44,45)(H,46,47). The van der Waals surface area contributed by atoms with Gasteiger partial charge >= 0.3 is 11.9 Å².